The second-order valence-corrected chi connectivity index (χ2v) is 16.0. The zero-order valence-corrected chi connectivity index (χ0v) is 22.7. The minimum Gasteiger partial charge on any atom is -0.479 e. The van der Waals surface area contributed by atoms with Crippen LogP contribution in [-0.4, -0.2) is 57.0 Å². The second kappa shape index (κ2) is 10.4. The number of ether oxygens (including phenoxy) is 2. The Morgan fingerprint density at radius 2 is 1.61 bits per heavy atom. The van der Waals surface area contributed by atoms with Gasteiger partial charge in [0.05, 0.1) is 12.2 Å². The molecular formula is C28H37NO6Si. The fourth-order valence-electron chi connectivity index (χ4n) is 4.75. The van der Waals surface area contributed by atoms with Gasteiger partial charge in [0, 0.05) is 12.5 Å². The Morgan fingerprint density at radius 1 is 1.03 bits per heavy atom. The molecule has 0 radical (unpaired) electrons. The summed E-state index contributed by atoms with van der Waals surface area (Å²) in [5.41, 5.74) is 4.65. The molecule has 36 heavy (non-hydrogen) atoms. The highest BCUT2D eigenvalue weighted by Crippen LogP contribution is 2.44. The van der Waals surface area contributed by atoms with E-state index < -0.39 is 38.7 Å². The summed E-state index contributed by atoms with van der Waals surface area (Å²) in [4.78, 5) is 24.5. The van der Waals surface area contributed by atoms with E-state index in [2.05, 4.69) is 63.4 Å². The average Bonchev–Trinajstić information content (AvgIpc) is 3.14. The molecule has 2 N–H and O–H groups in total. The number of rotatable bonds is 7. The number of alkyl carbamates (subject to hydrolysis) is 1. The zero-order valence-electron chi connectivity index (χ0n) is 21.7. The number of carbonyl (C=O) groups excluding carboxylic acids is 1. The fourth-order valence-corrected chi connectivity index (χ4v) is 6.11. The van der Waals surface area contributed by atoms with Crippen LogP contribution in [-0.2, 0) is 18.7 Å². The van der Waals surface area contributed by atoms with Crippen LogP contribution in [0, 0.1) is 0 Å². The summed E-state index contributed by atoms with van der Waals surface area (Å²) >= 11 is 0. The zero-order chi connectivity index (χ0) is 26.1. The van der Waals surface area contributed by atoms with Crippen molar-refractivity contribution < 1.29 is 28.6 Å². The fraction of sp³-hybridized carbons (Fsp3) is 0.500. The lowest BCUT2D eigenvalue weighted by atomic mass is 9.98. The maximum absolute atomic E-state index is 12.5. The van der Waals surface area contributed by atoms with Crippen LogP contribution in [0.15, 0.2) is 48.5 Å². The van der Waals surface area contributed by atoms with Crippen LogP contribution in [0.3, 0.4) is 0 Å². The highest BCUT2D eigenvalue weighted by atomic mass is 28.4. The first kappa shape index (κ1) is 26.4. The Hall–Kier alpha value is -2.68. The topological polar surface area (TPSA) is 94.1 Å². The highest BCUT2D eigenvalue weighted by Gasteiger charge is 2.45. The van der Waals surface area contributed by atoms with Gasteiger partial charge >= 0.3 is 12.1 Å². The largest absolute Gasteiger partial charge is 0.479 e. The number of nitrogens with one attached hydrogen (secondary N) is 1. The monoisotopic (exact) mass is 511 g/mol. The van der Waals surface area contributed by atoms with Crippen LogP contribution in [0.25, 0.3) is 11.1 Å². The Labute approximate surface area is 214 Å². The van der Waals surface area contributed by atoms with Gasteiger partial charge in [-0.15, -0.1) is 0 Å². The number of fused-ring (bicyclic) bond motifs is 3. The molecule has 1 aliphatic heterocycles. The number of carboxylic acids is 1. The van der Waals surface area contributed by atoms with Crippen molar-refractivity contribution in [1.82, 2.24) is 5.32 Å². The lowest BCUT2D eigenvalue weighted by molar-refractivity contribution is -0.171. The molecule has 7 nitrogen and oxygen atoms in total. The third-order valence-corrected chi connectivity index (χ3v) is 12.3. The van der Waals surface area contributed by atoms with Crippen LogP contribution in [0.4, 0.5) is 4.79 Å². The summed E-state index contributed by atoms with van der Waals surface area (Å²) in [7, 11) is -2.15. The third kappa shape index (κ3) is 5.50. The van der Waals surface area contributed by atoms with E-state index in [1.54, 1.807) is 0 Å². The van der Waals surface area contributed by atoms with E-state index in [4.69, 9.17) is 13.9 Å². The van der Waals surface area contributed by atoms with E-state index in [9.17, 15) is 14.7 Å². The molecule has 0 saturated carbocycles. The van der Waals surface area contributed by atoms with Crippen molar-refractivity contribution in [1.29, 1.82) is 0 Å². The third-order valence-electron chi connectivity index (χ3n) is 7.76. The van der Waals surface area contributed by atoms with E-state index in [-0.39, 0.29) is 24.1 Å². The van der Waals surface area contributed by atoms with Crippen molar-refractivity contribution >= 4 is 20.4 Å². The van der Waals surface area contributed by atoms with Crippen molar-refractivity contribution in [2.24, 2.45) is 0 Å². The van der Waals surface area contributed by atoms with Gasteiger partial charge in [0.2, 0.25) is 0 Å². The maximum Gasteiger partial charge on any atom is 0.407 e. The summed E-state index contributed by atoms with van der Waals surface area (Å²) in [6.07, 6.45) is -1.32. The first-order valence-electron chi connectivity index (χ1n) is 12.6. The van der Waals surface area contributed by atoms with Crippen LogP contribution in [0.2, 0.25) is 18.1 Å². The Balaban J connectivity index is 1.30. The van der Waals surface area contributed by atoms with E-state index in [0.717, 1.165) is 11.1 Å². The lowest BCUT2D eigenvalue weighted by Gasteiger charge is -2.43. The Kier molecular flexibility index (Phi) is 7.59. The van der Waals surface area contributed by atoms with Crippen molar-refractivity contribution in [2.75, 3.05) is 13.2 Å². The normalized spacial score (nSPS) is 22.0. The number of benzene rings is 2. The Bertz CT molecular complexity index is 1070. The summed E-state index contributed by atoms with van der Waals surface area (Å²) in [5, 5.41) is 12.5. The molecular weight excluding hydrogens is 474 g/mol. The maximum atomic E-state index is 12.5. The summed E-state index contributed by atoms with van der Waals surface area (Å²) in [5.74, 6) is -1.05. The number of amides is 1. The first-order valence-corrected chi connectivity index (χ1v) is 15.5. The van der Waals surface area contributed by atoms with Gasteiger partial charge in [-0.3, -0.25) is 0 Å². The van der Waals surface area contributed by atoms with Gasteiger partial charge in [-0.25, -0.2) is 9.59 Å². The van der Waals surface area contributed by atoms with E-state index in [0.29, 0.717) is 12.8 Å². The molecule has 1 unspecified atom stereocenters. The molecule has 1 fully saturated rings. The molecule has 1 aliphatic carbocycles. The predicted molar refractivity (Wildman–Crippen MR) is 141 cm³/mol. The molecule has 8 heteroatoms. The van der Waals surface area contributed by atoms with Crippen LogP contribution in [0.5, 0.6) is 0 Å². The molecule has 3 atom stereocenters. The van der Waals surface area contributed by atoms with Gasteiger partial charge in [-0.1, -0.05) is 69.3 Å². The van der Waals surface area contributed by atoms with Crippen LogP contribution in [0.1, 0.15) is 50.7 Å². The van der Waals surface area contributed by atoms with Gasteiger partial charge in [0.15, 0.2) is 14.4 Å². The SMILES string of the molecule is CC(C)(C)[Si](C)(C)O[C@H]1CCC(CNC(=O)OCC2c3ccccc3-c3ccccc32)O[C@@H]1C(=O)O. The van der Waals surface area contributed by atoms with Gasteiger partial charge in [0.1, 0.15) is 6.61 Å². The molecule has 1 amide bonds. The molecule has 2 aliphatic rings. The Morgan fingerprint density at radius 3 is 2.17 bits per heavy atom. The van der Waals surface area contributed by atoms with E-state index >= 15 is 0 Å². The standard InChI is InChI=1S/C28H37NO6Si/c1-28(2,3)36(4,5)35-24-15-14-18(34-25(24)26(30)31)16-29-27(32)33-17-23-21-12-8-6-10-19(21)20-11-7-9-13-22(20)23/h6-13,18,23-25H,14-17H2,1-5H3,(H,29,32)(H,30,31)/t18?,24-,25-/m0/s1. The van der Waals surface area contributed by atoms with Gasteiger partial charge in [-0.2, -0.15) is 0 Å². The van der Waals surface area contributed by atoms with Crippen LogP contribution < -0.4 is 5.32 Å². The summed E-state index contributed by atoms with van der Waals surface area (Å²) < 4.78 is 17.8. The van der Waals surface area contributed by atoms with Gasteiger partial charge < -0.3 is 24.3 Å². The average molecular weight is 512 g/mol. The molecule has 0 bridgehead atoms. The summed E-state index contributed by atoms with van der Waals surface area (Å²) in [6, 6.07) is 16.4. The smallest absolute Gasteiger partial charge is 0.407 e. The van der Waals surface area contributed by atoms with Crippen molar-refractivity contribution in [3.05, 3.63) is 59.7 Å². The molecule has 194 valence electrons. The first-order chi connectivity index (χ1) is 17.0. The number of carboxylic acid groups (broad SMARTS) is 1. The number of carbonyl (C=O) groups is 2. The molecule has 0 spiro atoms. The van der Waals surface area contributed by atoms with Crippen molar-refractivity contribution in [2.45, 2.75) is 76.0 Å². The van der Waals surface area contributed by atoms with Gasteiger partial charge in [-0.05, 0) is 53.2 Å². The van der Waals surface area contributed by atoms with Crippen molar-refractivity contribution in [3.8, 4) is 11.1 Å². The predicted octanol–water partition coefficient (Wildman–Crippen LogP) is 5.55. The second-order valence-electron chi connectivity index (χ2n) is 11.2. The van der Waals surface area contributed by atoms with Gasteiger partial charge in [0.25, 0.3) is 0 Å². The highest BCUT2D eigenvalue weighted by molar-refractivity contribution is 6.74. The molecule has 1 heterocycles. The minimum atomic E-state index is -2.15. The number of aliphatic carboxylic acids is 1. The number of hydrogen-bond donors (Lipinski definition) is 2. The van der Waals surface area contributed by atoms with Crippen LogP contribution >= 0.6 is 0 Å². The number of hydrogen-bond acceptors (Lipinski definition) is 5. The quantitative estimate of drug-likeness (QED) is 0.474. The van der Waals surface area contributed by atoms with Crippen molar-refractivity contribution in [3.63, 3.8) is 0 Å². The molecule has 1 saturated heterocycles. The molecule has 2 aromatic rings. The minimum absolute atomic E-state index is 0.0151. The molecule has 0 aromatic heterocycles. The van der Waals surface area contributed by atoms with E-state index in [1.807, 2.05) is 24.3 Å². The lowest BCUT2D eigenvalue weighted by Crippen LogP contribution is -2.53. The summed E-state index contributed by atoms with van der Waals surface area (Å²) in [6.45, 7) is 11.0. The van der Waals surface area contributed by atoms with E-state index in [1.165, 1.54) is 11.1 Å². The molecule has 4 rings (SSSR count). The molecule has 2 aromatic carbocycles.